The second-order valence-corrected chi connectivity index (χ2v) is 7.03. The first-order valence-corrected chi connectivity index (χ1v) is 9.52. The standard InChI is InChI=1S/C23H16ClF2N3O/c24-16-7-11-18(12-8-16)29-22(13-21(28-29)19-3-1-2-4-20(19)26)23(30)27-14-15-5-9-17(25)10-6-15/h1-13H,14H2,(H,27,30). The summed E-state index contributed by atoms with van der Waals surface area (Å²) in [6.45, 7) is 0.208. The fourth-order valence-corrected chi connectivity index (χ4v) is 3.12. The highest BCUT2D eigenvalue weighted by atomic mass is 35.5. The second kappa shape index (κ2) is 8.47. The zero-order valence-electron chi connectivity index (χ0n) is 15.6. The minimum atomic E-state index is -0.434. The average Bonchev–Trinajstić information content (AvgIpc) is 3.19. The molecule has 0 unspecified atom stereocenters. The highest BCUT2D eigenvalue weighted by Gasteiger charge is 2.19. The number of benzene rings is 3. The molecule has 0 radical (unpaired) electrons. The summed E-state index contributed by atoms with van der Waals surface area (Å²) in [6, 6.07) is 20.4. The lowest BCUT2D eigenvalue weighted by Gasteiger charge is -2.09. The topological polar surface area (TPSA) is 46.9 Å². The predicted molar refractivity (Wildman–Crippen MR) is 112 cm³/mol. The van der Waals surface area contributed by atoms with Crippen molar-refractivity contribution in [1.82, 2.24) is 15.1 Å². The number of aromatic nitrogens is 2. The van der Waals surface area contributed by atoms with Crippen LogP contribution in [0.3, 0.4) is 0 Å². The Morgan fingerprint density at radius 3 is 2.37 bits per heavy atom. The summed E-state index contributed by atoms with van der Waals surface area (Å²) in [5.74, 6) is -1.18. The van der Waals surface area contributed by atoms with Gasteiger partial charge in [0.1, 0.15) is 17.3 Å². The number of nitrogens with zero attached hydrogens (tertiary/aromatic N) is 2. The Kier molecular flexibility index (Phi) is 5.59. The van der Waals surface area contributed by atoms with Crippen molar-refractivity contribution in [2.75, 3.05) is 0 Å². The van der Waals surface area contributed by atoms with Crippen LogP contribution >= 0.6 is 11.6 Å². The summed E-state index contributed by atoms with van der Waals surface area (Å²) in [5, 5.41) is 7.79. The van der Waals surface area contributed by atoms with Crippen LogP contribution in [0.2, 0.25) is 5.02 Å². The van der Waals surface area contributed by atoms with Crippen LogP contribution < -0.4 is 5.32 Å². The van der Waals surface area contributed by atoms with Gasteiger partial charge < -0.3 is 5.32 Å². The normalized spacial score (nSPS) is 10.8. The molecule has 0 spiro atoms. The van der Waals surface area contributed by atoms with Crippen molar-refractivity contribution in [1.29, 1.82) is 0 Å². The molecule has 0 atom stereocenters. The van der Waals surface area contributed by atoms with Gasteiger partial charge in [-0.25, -0.2) is 13.5 Å². The van der Waals surface area contributed by atoms with E-state index in [4.69, 9.17) is 11.6 Å². The number of hydrogen-bond acceptors (Lipinski definition) is 2. The Morgan fingerprint density at radius 1 is 0.967 bits per heavy atom. The molecule has 0 aliphatic carbocycles. The summed E-state index contributed by atoms with van der Waals surface area (Å²) in [5.41, 5.74) is 2.20. The maximum Gasteiger partial charge on any atom is 0.270 e. The number of halogens is 3. The Morgan fingerprint density at radius 2 is 1.67 bits per heavy atom. The van der Waals surface area contributed by atoms with Crippen LogP contribution in [0, 0.1) is 11.6 Å². The van der Waals surface area contributed by atoms with Gasteiger partial charge in [-0.2, -0.15) is 5.10 Å². The van der Waals surface area contributed by atoms with Crippen LogP contribution in [0.5, 0.6) is 0 Å². The fraction of sp³-hybridized carbons (Fsp3) is 0.0435. The van der Waals surface area contributed by atoms with E-state index in [1.54, 1.807) is 54.6 Å². The van der Waals surface area contributed by atoms with Gasteiger partial charge in [0.15, 0.2) is 0 Å². The fourth-order valence-electron chi connectivity index (χ4n) is 3.00. The molecule has 3 aromatic carbocycles. The van der Waals surface area contributed by atoms with Gasteiger partial charge >= 0.3 is 0 Å². The summed E-state index contributed by atoms with van der Waals surface area (Å²) >= 11 is 5.97. The van der Waals surface area contributed by atoms with Crippen LogP contribution in [-0.4, -0.2) is 15.7 Å². The van der Waals surface area contributed by atoms with Gasteiger partial charge in [-0.3, -0.25) is 4.79 Å². The van der Waals surface area contributed by atoms with E-state index < -0.39 is 11.7 Å². The van der Waals surface area contributed by atoms with E-state index in [-0.39, 0.29) is 23.6 Å². The van der Waals surface area contributed by atoms with E-state index in [9.17, 15) is 13.6 Å². The van der Waals surface area contributed by atoms with Gasteiger partial charge in [0.05, 0.1) is 11.4 Å². The minimum absolute atomic E-state index is 0.208. The first-order valence-electron chi connectivity index (χ1n) is 9.15. The first kappa shape index (κ1) is 19.8. The van der Waals surface area contributed by atoms with E-state index in [2.05, 4.69) is 10.4 Å². The van der Waals surface area contributed by atoms with Crippen LogP contribution in [0.4, 0.5) is 8.78 Å². The molecule has 4 rings (SSSR count). The van der Waals surface area contributed by atoms with Crippen molar-refractivity contribution >= 4 is 17.5 Å². The molecule has 4 nitrogen and oxygen atoms in total. The van der Waals surface area contributed by atoms with E-state index in [0.29, 0.717) is 16.4 Å². The SMILES string of the molecule is O=C(NCc1ccc(F)cc1)c1cc(-c2ccccc2F)nn1-c1ccc(Cl)cc1. The van der Waals surface area contributed by atoms with E-state index >= 15 is 0 Å². The van der Waals surface area contributed by atoms with Gasteiger partial charge in [-0.05, 0) is 60.2 Å². The van der Waals surface area contributed by atoms with Gasteiger partial charge in [0, 0.05) is 17.1 Å². The van der Waals surface area contributed by atoms with Crippen molar-refractivity contribution in [3.63, 3.8) is 0 Å². The van der Waals surface area contributed by atoms with Crippen LogP contribution in [-0.2, 0) is 6.54 Å². The molecule has 1 aromatic heterocycles. The van der Waals surface area contributed by atoms with Crippen molar-refractivity contribution in [2.45, 2.75) is 6.54 Å². The van der Waals surface area contributed by atoms with Crippen molar-refractivity contribution in [2.24, 2.45) is 0 Å². The number of carbonyl (C=O) groups is 1. The van der Waals surface area contributed by atoms with Gasteiger partial charge in [0.25, 0.3) is 5.91 Å². The molecule has 0 aliphatic heterocycles. The smallest absolute Gasteiger partial charge is 0.270 e. The molecule has 30 heavy (non-hydrogen) atoms. The molecule has 150 valence electrons. The molecular weight excluding hydrogens is 408 g/mol. The van der Waals surface area contributed by atoms with Crippen LogP contribution in [0.25, 0.3) is 16.9 Å². The zero-order chi connectivity index (χ0) is 21.1. The van der Waals surface area contributed by atoms with Gasteiger partial charge in [-0.1, -0.05) is 35.9 Å². The molecule has 7 heteroatoms. The third-order valence-corrected chi connectivity index (χ3v) is 4.78. The number of amides is 1. The van der Waals surface area contributed by atoms with Crippen molar-refractivity contribution in [3.05, 3.63) is 107 Å². The van der Waals surface area contributed by atoms with Gasteiger partial charge in [-0.15, -0.1) is 0 Å². The highest BCUT2D eigenvalue weighted by molar-refractivity contribution is 6.30. The average molecular weight is 424 g/mol. The maximum atomic E-state index is 14.3. The Bertz CT molecular complexity index is 1190. The lowest BCUT2D eigenvalue weighted by Crippen LogP contribution is -2.25. The molecule has 0 saturated carbocycles. The number of rotatable bonds is 5. The number of hydrogen-bond donors (Lipinski definition) is 1. The minimum Gasteiger partial charge on any atom is -0.347 e. The second-order valence-electron chi connectivity index (χ2n) is 6.59. The largest absolute Gasteiger partial charge is 0.347 e. The Hall–Kier alpha value is -3.51. The summed E-state index contributed by atoms with van der Waals surface area (Å²) in [7, 11) is 0. The molecule has 0 saturated heterocycles. The first-order chi connectivity index (χ1) is 14.5. The monoisotopic (exact) mass is 423 g/mol. The Balaban J connectivity index is 1.69. The third kappa shape index (κ3) is 4.23. The third-order valence-electron chi connectivity index (χ3n) is 4.53. The highest BCUT2D eigenvalue weighted by Crippen LogP contribution is 2.25. The van der Waals surface area contributed by atoms with E-state index in [1.165, 1.54) is 28.9 Å². The molecule has 0 bridgehead atoms. The Labute approximate surface area is 176 Å². The lowest BCUT2D eigenvalue weighted by atomic mass is 10.1. The molecular formula is C23H16ClF2N3O. The van der Waals surface area contributed by atoms with Crippen molar-refractivity contribution < 1.29 is 13.6 Å². The molecule has 1 amide bonds. The molecule has 1 heterocycles. The zero-order valence-corrected chi connectivity index (χ0v) is 16.4. The van der Waals surface area contributed by atoms with E-state index in [0.717, 1.165) is 5.56 Å². The molecule has 4 aromatic rings. The molecule has 0 aliphatic rings. The quantitative estimate of drug-likeness (QED) is 0.467. The molecule has 0 fully saturated rings. The number of nitrogens with one attached hydrogen (secondary N) is 1. The summed E-state index contributed by atoms with van der Waals surface area (Å²) < 4.78 is 28.8. The van der Waals surface area contributed by atoms with Gasteiger partial charge in [0.2, 0.25) is 0 Å². The van der Waals surface area contributed by atoms with Crippen LogP contribution in [0.1, 0.15) is 16.1 Å². The van der Waals surface area contributed by atoms with Crippen molar-refractivity contribution in [3.8, 4) is 16.9 Å². The van der Waals surface area contributed by atoms with E-state index in [1.807, 2.05) is 0 Å². The summed E-state index contributed by atoms with van der Waals surface area (Å²) in [4.78, 5) is 12.9. The van der Waals surface area contributed by atoms with Crippen LogP contribution in [0.15, 0.2) is 78.9 Å². The maximum absolute atomic E-state index is 14.3. The molecule has 1 N–H and O–H groups in total. The summed E-state index contributed by atoms with van der Waals surface area (Å²) in [6.07, 6.45) is 0. The predicted octanol–water partition coefficient (Wildman–Crippen LogP) is 5.40. The lowest BCUT2D eigenvalue weighted by molar-refractivity contribution is 0.0943. The number of carbonyl (C=O) groups excluding carboxylic acids is 1.